The van der Waals surface area contributed by atoms with Gasteiger partial charge in [-0.3, -0.25) is 4.79 Å². The first-order valence-corrected chi connectivity index (χ1v) is 11.8. The molecule has 0 aliphatic carbocycles. The van der Waals surface area contributed by atoms with Gasteiger partial charge in [-0.05, 0) is 79.3 Å². The van der Waals surface area contributed by atoms with Gasteiger partial charge in [0.2, 0.25) is 0 Å². The maximum absolute atomic E-state index is 13.1. The fourth-order valence-corrected chi connectivity index (χ4v) is 4.78. The average molecular weight is 519 g/mol. The Morgan fingerprint density at radius 2 is 1.19 bits per heavy atom. The number of carboxylic acids is 1. The van der Waals surface area contributed by atoms with E-state index in [0.717, 1.165) is 22.3 Å². The van der Waals surface area contributed by atoms with Crippen LogP contribution in [0, 0.1) is 13.8 Å². The molecule has 0 heterocycles. The van der Waals surface area contributed by atoms with Crippen molar-refractivity contribution >= 4 is 5.97 Å². The van der Waals surface area contributed by atoms with Gasteiger partial charge in [0, 0.05) is 11.8 Å². The SMILES string of the molecule is CCC(CC)(c1ccc(CCC(=O)O)c(C)c1)c1ccc(CCC(O)(C(F)(F)F)C(F)(F)F)c(C)c1. The first-order chi connectivity index (χ1) is 16.5. The van der Waals surface area contributed by atoms with Crippen LogP contribution in [0.1, 0.15) is 72.9 Å². The zero-order valence-corrected chi connectivity index (χ0v) is 20.8. The highest BCUT2D eigenvalue weighted by atomic mass is 19.4. The summed E-state index contributed by atoms with van der Waals surface area (Å²) in [5.74, 6) is -0.880. The molecule has 200 valence electrons. The monoisotopic (exact) mass is 518 g/mol. The van der Waals surface area contributed by atoms with Crippen LogP contribution in [0.2, 0.25) is 0 Å². The number of benzene rings is 2. The summed E-state index contributed by atoms with van der Waals surface area (Å²) in [4.78, 5) is 10.9. The van der Waals surface area contributed by atoms with Crippen molar-refractivity contribution in [1.29, 1.82) is 0 Å². The molecule has 0 aromatic heterocycles. The summed E-state index contributed by atoms with van der Waals surface area (Å²) in [6.07, 6.45) is -12.0. The molecule has 0 aliphatic rings. The van der Waals surface area contributed by atoms with E-state index in [4.69, 9.17) is 5.11 Å². The molecule has 2 N–H and O–H groups in total. The van der Waals surface area contributed by atoms with Gasteiger partial charge in [0.25, 0.3) is 5.60 Å². The van der Waals surface area contributed by atoms with E-state index in [1.54, 1.807) is 19.1 Å². The van der Waals surface area contributed by atoms with Crippen LogP contribution in [0.15, 0.2) is 36.4 Å². The Kier molecular flexibility index (Phi) is 8.92. The molecule has 0 saturated carbocycles. The molecule has 2 aromatic carbocycles. The van der Waals surface area contributed by atoms with E-state index >= 15 is 0 Å². The summed E-state index contributed by atoms with van der Waals surface area (Å²) in [7, 11) is 0. The molecule has 0 bridgehead atoms. The van der Waals surface area contributed by atoms with Crippen molar-refractivity contribution in [1.82, 2.24) is 0 Å². The van der Waals surface area contributed by atoms with Gasteiger partial charge < -0.3 is 10.2 Å². The molecule has 0 unspecified atom stereocenters. The quantitative estimate of drug-likeness (QED) is 0.327. The minimum atomic E-state index is -5.84. The van der Waals surface area contributed by atoms with E-state index in [-0.39, 0.29) is 6.42 Å². The van der Waals surface area contributed by atoms with Crippen LogP contribution < -0.4 is 0 Å². The number of alkyl halides is 6. The Bertz CT molecular complexity index is 1050. The van der Waals surface area contributed by atoms with Gasteiger partial charge in [0.1, 0.15) is 0 Å². The highest BCUT2D eigenvalue weighted by molar-refractivity contribution is 5.67. The maximum Gasteiger partial charge on any atom is 0.426 e. The molecule has 3 nitrogen and oxygen atoms in total. The van der Waals surface area contributed by atoms with E-state index in [9.17, 15) is 36.2 Å². The molecule has 36 heavy (non-hydrogen) atoms. The molecule has 2 aromatic rings. The summed E-state index contributed by atoms with van der Waals surface area (Å²) in [5.41, 5.74) is -0.623. The van der Waals surface area contributed by atoms with Crippen molar-refractivity contribution in [3.8, 4) is 0 Å². The zero-order chi connectivity index (χ0) is 27.5. The highest BCUT2D eigenvalue weighted by Crippen LogP contribution is 2.46. The third-order valence-electron chi connectivity index (χ3n) is 7.30. The Balaban J connectivity index is 2.40. The molecule has 0 saturated heterocycles. The molecular weight excluding hydrogens is 486 g/mol. The van der Waals surface area contributed by atoms with E-state index in [2.05, 4.69) is 0 Å². The Hall–Kier alpha value is -2.55. The van der Waals surface area contributed by atoms with Crippen LogP contribution in [-0.4, -0.2) is 34.1 Å². The van der Waals surface area contributed by atoms with Crippen molar-refractivity contribution in [3.05, 3.63) is 69.8 Å². The van der Waals surface area contributed by atoms with Crippen LogP contribution >= 0.6 is 0 Å². The molecule has 9 heteroatoms. The minimum absolute atomic E-state index is 0.0192. The van der Waals surface area contributed by atoms with E-state index in [0.29, 0.717) is 30.4 Å². The smallest absolute Gasteiger partial charge is 0.426 e. The van der Waals surface area contributed by atoms with Crippen LogP contribution in [0.25, 0.3) is 0 Å². The summed E-state index contributed by atoms with van der Waals surface area (Å²) < 4.78 is 78.3. The number of carbonyl (C=O) groups is 1. The van der Waals surface area contributed by atoms with Gasteiger partial charge in [-0.25, -0.2) is 0 Å². The molecule has 0 fully saturated rings. The topological polar surface area (TPSA) is 57.5 Å². The second kappa shape index (κ2) is 10.8. The van der Waals surface area contributed by atoms with E-state index in [1.807, 2.05) is 39.0 Å². The third kappa shape index (κ3) is 5.88. The van der Waals surface area contributed by atoms with Gasteiger partial charge >= 0.3 is 18.3 Å². The number of aryl methyl sites for hydroxylation is 4. The second-order valence-electron chi connectivity index (χ2n) is 9.32. The third-order valence-corrected chi connectivity index (χ3v) is 7.30. The number of halogens is 6. The summed E-state index contributed by atoms with van der Waals surface area (Å²) in [6, 6.07) is 10.9. The van der Waals surface area contributed by atoms with Crippen LogP contribution in [0.5, 0.6) is 0 Å². The van der Waals surface area contributed by atoms with E-state index in [1.165, 1.54) is 6.07 Å². The number of aliphatic hydroxyl groups is 1. The van der Waals surface area contributed by atoms with Crippen LogP contribution in [0.4, 0.5) is 26.3 Å². The van der Waals surface area contributed by atoms with Gasteiger partial charge in [0.15, 0.2) is 0 Å². The van der Waals surface area contributed by atoms with Gasteiger partial charge in [-0.2, -0.15) is 26.3 Å². The molecular formula is C27H32F6O3. The van der Waals surface area contributed by atoms with Crippen LogP contribution in [-0.2, 0) is 23.1 Å². The molecule has 0 radical (unpaired) electrons. The fourth-order valence-electron chi connectivity index (χ4n) is 4.78. The number of rotatable bonds is 10. The standard InChI is InChI=1S/C27H32F6O3/c1-5-24(6-2,21-10-7-19(17(3)15-21)9-12-23(34)35)22-11-8-20(18(4)16-22)13-14-25(36,26(28,29)30)27(31,32)33/h7-8,10-11,15-16,36H,5-6,9,12-14H2,1-4H3,(H,34,35). The minimum Gasteiger partial charge on any atom is -0.481 e. The number of aliphatic carboxylic acids is 1. The molecule has 0 amide bonds. The lowest BCUT2D eigenvalue weighted by Crippen LogP contribution is -2.57. The number of hydrogen-bond acceptors (Lipinski definition) is 2. The summed E-state index contributed by atoms with van der Waals surface area (Å²) in [6.45, 7) is 7.56. The summed E-state index contributed by atoms with van der Waals surface area (Å²) in [5, 5.41) is 18.4. The molecule has 0 atom stereocenters. The Morgan fingerprint density at radius 3 is 1.53 bits per heavy atom. The van der Waals surface area contributed by atoms with E-state index < -0.39 is 42.2 Å². The summed E-state index contributed by atoms with van der Waals surface area (Å²) >= 11 is 0. The largest absolute Gasteiger partial charge is 0.481 e. The fraction of sp³-hybridized carbons (Fsp3) is 0.519. The Labute approximate surface area is 207 Å². The molecule has 0 aliphatic heterocycles. The van der Waals surface area contributed by atoms with Crippen molar-refractivity contribution in [3.63, 3.8) is 0 Å². The lowest BCUT2D eigenvalue weighted by atomic mass is 9.69. The predicted octanol–water partition coefficient (Wildman–Crippen LogP) is 7.22. The van der Waals surface area contributed by atoms with Crippen LogP contribution in [0.3, 0.4) is 0 Å². The maximum atomic E-state index is 13.1. The normalized spacial score (nSPS) is 13.2. The van der Waals surface area contributed by atoms with Gasteiger partial charge in [-0.1, -0.05) is 50.2 Å². The highest BCUT2D eigenvalue weighted by Gasteiger charge is 2.69. The van der Waals surface area contributed by atoms with Gasteiger partial charge in [0.05, 0.1) is 0 Å². The lowest BCUT2D eigenvalue weighted by molar-refractivity contribution is -0.369. The first kappa shape index (κ1) is 29.7. The predicted molar refractivity (Wildman–Crippen MR) is 125 cm³/mol. The Morgan fingerprint density at radius 1 is 0.778 bits per heavy atom. The van der Waals surface area contributed by atoms with Crippen molar-refractivity contribution in [2.45, 2.75) is 89.6 Å². The lowest BCUT2D eigenvalue weighted by Gasteiger charge is -2.35. The molecule has 0 spiro atoms. The van der Waals surface area contributed by atoms with Crippen molar-refractivity contribution < 1.29 is 41.4 Å². The number of carboxylic acid groups (broad SMARTS) is 1. The van der Waals surface area contributed by atoms with Crippen molar-refractivity contribution in [2.24, 2.45) is 0 Å². The van der Waals surface area contributed by atoms with Crippen molar-refractivity contribution in [2.75, 3.05) is 0 Å². The average Bonchev–Trinajstić information content (AvgIpc) is 2.77. The number of hydrogen-bond donors (Lipinski definition) is 2. The molecule has 2 rings (SSSR count). The second-order valence-corrected chi connectivity index (χ2v) is 9.32. The zero-order valence-electron chi connectivity index (χ0n) is 20.8. The first-order valence-electron chi connectivity index (χ1n) is 11.8. The van der Waals surface area contributed by atoms with Gasteiger partial charge in [-0.15, -0.1) is 0 Å².